The summed E-state index contributed by atoms with van der Waals surface area (Å²) in [6.45, 7) is 8.48. The third kappa shape index (κ3) is 6.60. The monoisotopic (exact) mass is 535 g/mol. The van der Waals surface area contributed by atoms with Gasteiger partial charge in [-0.3, -0.25) is 4.79 Å². The average molecular weight is 536 g/mol. The van der Waals surface area contributed by atoms with Crippen molar-refractivity contribution >= 4 is 16.9 Å². The Kier molecular flexibility index (Phi) is 7.74. The van der Waals surface area contributed by atoms with Gasteiger partial charge in [0, 0.05) is 23.6 Å². The van der Waals surface area contributed by atoms with Crippen molar-refractivity contribution in [1.29, 1.82) is 0 Å². The number of rotatable bonds is 8. The third-order valence-electron chi connectivity index (χ3n) is 6.71. The number of hydrogen-bond donors (Lipinski definition) is 0. The summed E-state index contributed by atoms with van der Waals surface area (Å²) in [7, 11) is 0. The van der Waals surface area contributed by atoms with Crippen LogP contribution in [0.4, 0.5) is 4.39 Å². The van der Waals surface area contributed by atoms with Gasteiger partial charge in [-0.2, -0.15) is 0 Å². The van der Waals surface area contributed by atoms with Gasteiger partial charge in [-0.05, 0) is 97.5 Å². The van der Waals surface area contributed by atoms with Gasteiger partial charge in [0.25, 0.3) is 0 Å². The zero-order valence-electron chi connectivity index (χ0n) is 23.4. The first-order valence-electron chi connectivity index (χ1n) is 13.5. The predicted molar refractivity (Wildman–Crippen MR) is 158 cm³/mol. The minimum absolute atomic E-state index is 0.164. The van der Waals surface area contributed by atoms with E-state index >= 15 is 0 Å². The Morgan fingerprint density at radius 2 is 1.60 bits per heavy atom. The lowest BCUT2D eigenvalue weighted by molar-refractivity contribution is -0.153. The molecule has 5 heteroatoms. The van der Waals surface area contributed by atoms with Gasteiger partial charge in [0.05, 0.1) is 6.42 Å². The van der Waals surface area contributed by atoms with Gasteiger partial charge in [-0.25, -0.2) is 4.39 Å². The number of nitrogens with zero attached hydrogens (tertiary/aromatic N) is 1. The molecule has 0 aliphatic heterocycles. The molecule has 1 aromatic heterocycles. The molecule has 5 aromatic rings. The molecule has 0 bridgehead atoms. The van der Waals surface area contributed by atoms with Gasteiger partial charge in [0.15, 0.2) is 0 Å². The van der Waals surface area contributed by atoms with Gasteiger partial charge in [-0.1, -0.05) is 54.6 Å². The molecule has 0 saturated carbocycles. The largest absolute Gasteiger partial charge is 0.489 e. The predicted octanol–water partition coefficient (Wildman–Crippen LogP) is 8.27. The number of benzene rings is 4. The fourth-order valence-electron chi connectivity index (χ4n) is 4.86. The summed E-state index contributed by atoms with van der Waals surface area (Å²) in [6, 6.07) is 29.5. The van der Waals surface area contributed by atoms with Crippen molar-refractivity contribution in [2.75, 3.05) is 0 Å². The van der Waals surface area contributed by atoms with Crippen LogP contribution in [0.2, 0.25) is 0 Å². The number of carbonyl (C=O) groups is 1. The summed E-state index contributed by atoms with van der Waals surface area (Å²) < 4.78 is 27.7. The van der Waals surface area contributed by atoms with Crippen LogP contribution in [-0.4, -0.2) is 16.1 Å². The first kappa shape index (κ1) is 27.2. The number of aromatic nitrogens is 1. The fraction of sp³-hybridized carbons (Fsp3) is 0.229. The first-order valence-corrected chi connectivity index (χ1v) is 13.5. The molecule has 0 amide bonds. The highest BCUT2D eigenvalue weighted by Gasteiger charge is 2.19. The maximum Gasteiger partial charge on any atom is 0.310 e. The van der Waals surface area contributed by atoms with E-state index in [4.69, 9.17) is 9.47 Å². The smallest absolute Gasteiger partial charge is 0.310 e. The highest BCUT2D eigenvalue weighted by molar-refractivity contribution is 5.89. The Morgan fingerprint density at radius 1 is 0.850 bits per heavy atom. The maximum atomic E-state index is 13.8. The van der Waals surface area contributed by atoms with Crippen LogP contribution in [0, 0.1) is 12.7 Å². The minimum atomic E-state index is -0.557. The molecular weight excluding hydrogens is 501 g/mol. The third-order valence-corrected chi connectivity index (χ3v) is 6.71. The second-order valence-corrected chi connectivity index (χ2v) is 11.2. The molecule has 0 N–H and O–H groups in total. The van der Waals surface area contributed by atoms with Crippen molar-refractivity contribution < 1.29 is 18.7 Å². The van der Waals surface area contributed by atoms with Crippen LogP contribution in [0.3, 0.4) is 0 Å². The Hall–Kier alpha value is -4.38. The SMILES string of the molecule is Cc1cc(-c2cccc(Cn3cc(CC(=O)OC(C)(C)C)c4cc(OCc5ccccc5)ccc43)c2)ccc1F. The zero-order chi connectivity index (χ0) is 28.3. The van der Waals surface area contributed by atoms with Crippen molar-refractivity contribution in [1.82, 2.24) is 4.57 Å². The second-order valence-electron chi connectivity index (χ2n) is 11.2. The number of aryl methyl sites for hydroxylation is 1. The quantitative estimate of drug-likeness (QED) is 0.188. The molecular formula is C35H34FNO3. The molecule has 204 valence electrons. The Balaban J connectivity index is 1.46. The van der Waals surface area contributed by atoms with Crippen LogP contribution >= 0.6 is 0 Å². The Bertz CT molecular complexity index is 1650. The van der Waals surface area contributed by atoms with Crippen molar-refractivity contribution in [3.8, 4) is 16.9 Å². The molecule has 0 saturated heterocycles. The highest BCUT2D eigenvalue weighted by Crippen LogP contribution is 2.29. The molecule has 0 atom stereocenters. The van der Waals surface area contributed by atoms with Crippen molar-refractivity contribution in [3.05, 3.63) is 125 Å². The summed E-state index contributed by atoms with van der Waals surface area (Å²) >= 11 is 0. The summed E-state index contributed by atoms with van der Waals surface area (Å²) in [5.41, 5.74) is 6.16. The number of hydrogen-bond acceptors (Lipinski definition) is 3. The Morgan fingerprint density at radius 3 is 2.35 bits per heavy atom. The molecule has 0 spiro atoms. The van der Waals surface area contributed by atoms with E-state index in [-0.39, 0.29) is 18.2 Å². The number of ether oxygens (including phenoxy) is 2. The highest BCUT2D eigenvalue weighted by atomic mass is 19.1. The van der Waals surface area contributed by atoms with Crippen LogP contribution in [0.25, 0.3) is 22.0 Å². The normalized spacial score (nSPS) is 11.5. The van der Waals surface area contributed by atoms with E-state index in [1.165, 1.54) is 6.07 Å². The van der Waals surface area contributed by atoms with Crippen molar-refractivity contribution in [2.24, 2.45) is 0 Å². The van der Waals surface area contributed by atoms with E-state index < -0.39 is 5.60 Å². The first-order chi connectivity index (χ1) is 19.1. The maximum absolute atomic E-state index is 13.8. The van der Waals surface area contributed by atoms with Gasteiger partial charge in [-0.15, -0.1) is 0 Å². The molecule has 40 heavy (non-hydrogen) atoms. The molecule has 4 nitrogen and oxygen atoms in total. The van der Waals surface area contributed by atoms with E-state index in [0.29, 0.717) is 18.7 Å². The van der Waals surface area contributed by atoms with Crippen molar-refractivity contribution in [3.63, 3.8) is 0 Å². The van der Waals surface area contributed by atoms with Crippen LogP contribution in [0.5, 0.6) is 5.75 Å². The van der Waals surface area contributed by atoms with Gasteiger partial charge in [0.1, 0.15) is 23.8 Å². The minimum Gasteiger partial charge on any atom is -0.489 e. The van der Waals surface area contributed by atoms with E-state index in [0.717, 1.165) is 44.5 Å². The number of halogens is 1. The van der Waals surface area contributed by atoms with Crippen LogP contribution < -0.4 is 4.74 Å². The Labute approximate surface area is 235 Å². The summed E-state index contributed by atoms with van der Waals surface area (Å²) in [5.74, 6) is 0.271. The fourth-order valence-corrected chi connectivity index (χ4v) is 4.86. The standard InChI is InChI=1S/C35H34FNO3/c1-24-17-28(13-15-32(24)36)27-12-8-11-26(18-27)21-37-22-29(19-34(38)40-35(2,3)4)31-20-30(14-16-33(31)37)39-23-25-9-6-5-7-10-25/h5-18,20,22H,19,21,23H2,1-4H3. The number of carbonyl (C=O) groups excluding carboxylic acids is 1. The van der Waals surface area contributed by atoms with Gasteiger partial charge in [0.2, 0.25) is 0 Å². The summed E-state index contributed by atoms with van der Waals surface area (Å²) in [5, 5.41) is 0.960. The molecule has 0 aliphatic rings. The van der Waals surface area contributed by atoms with Crippen LogP contribution in [0.15, 0.2) is 97.2 Å². The van der Waals surface area contributed by atoms with Crippen molar-refractivity contribution in [2.45, 2.75) is 52.9 Å². The average Bonchev–Trinajstić information content (AvgIpc) is 3.24. The molecule has 1 heterocycles. The topological polar surface area (TPSA) is 40.5 Å². The lowest BCUT2D eigenvalue weighted by Crippen LogP contribution is -2.24. The second kappa shape index (κ2) is 11.4. The van der Waals surface area contributed by atoms with E-state index in [1.807, 2.05) is 99.8 Å². The van der Waals surface area contributed by atoms with E-state index in [9.17, 15) is 9.18 Å². The summed E-state index contributed by atoms with van der Waals surface area (Å²) in [4.78, 5) is 12.8. The van der Waals surface area contributed by atoms with E-state index in [2.05, 4.69) is 16.7 Å². The molecule has 5 rings (SSSR count). The summed E-state index contributed by atoms with van der Waals surface area (Å²) in [6.07, 6.45) is 2.20. The van der Waals surface area contributed by atoms with Gasteiger partial charge >= 0.3 is 5.97 Å². The number of esters is 1. The molecule has 0 fully saturated rings. The lowest BCUT2D eigenvalue weighted by atomic mass is 10.0. The van der Waals surface area contributed by atoms with Crippen LogP contribution in [0.1, 0.15) is 43.0 Å². The lowest BCUT2D eigenvalue weighted by Gasteiger charge is -2.19. The number of fused-ring (bicyclic) bond motifs is 1. The molecule has 4 aromatic carbocycles. The molecule has 0 radical (unpaired) electrons. The van der Waals surface area contributed by atoms with Crippen LogP contribution in [-0.2, 0) is 29.1 Å². The molecule has 0 unspecified atom stereocenters. The molecule has 0 aliphatic carbocycles. The van der Waals surface area contributed by atoms with E-state index in [1.54, 1.807) is 6.92 Å². The zero-order valence-corrected chi connectivity index (χ0v) is 23.4. The van der Waals surface area contributed by atoms with Gasteiger partial charge < -0.3 is 14.0 Å².